The van der Waals surface area contributed by atoms with Gasteiger partial charge in [-0.05, 0) is 44.9 Å². The van der Waals surface area contributed by atoms with Crippen LogP contribution < -0.4 is 0 Å². The van der Waals surface area contributed by atoms with E-state index in [1.165, 1.54) is 0 Å². The van der Waals surface area contributed by atoms with E-state index < -0.39 is 29.0 Å². The molecule has 0 saturated heterocycles. The molecule has 0 aromatic heterocycles. The largest absolute Gasteiger partial charge is 0.503 e. The Morgan fingerprint density at radius 1 is 1.28 bits per heavy atom. The lowest BCUT2D eigenvalue weighted by atomic mass is 10.1. The van der Waals surface area contributed by atoms with E-state index >= 15 is 0 Å². The van der Waals surface area contributed by atoms with Crippen LogP contribution in [0.15, 0.2) is 12.1 Å². The van der Waals surface area contributed by atoms with Gasteiger partial charge in [0.1, 0.15) is 5.60 Å². The Labute approximate surface area is 104 Å². The van der Waals surface area contributed by atoms with Gasteiger partial charge in [-0.15, -0.1) is 0 Å². The van der Waals surface area contributed by atoms with E-state index in [4.69, 9.17) is 9.84 Å². The maximum atomic E-state index is 13.0. The van der Waals surface area contributed by atoms with E-state index in [9.17, 15) is 13.6 Å². The van der Waals surface area contributed by atoms with Crippen molar-refractivity contribution in [2.24, 2.45) is 0 Å². The molecule has 0 aliphatic carbocycles. The van der Waals surface area contributed by atoms with Crippen LogP contribution in [0.5, 0.6) is 5.75 Å². The number of phenols is 1. The minimum atomic E-state index is -1.03. The van der Waals surface area contributed by atoms with Gasteiger partial charge in [0.15, 0.2) is 17.4 Å². The number of aryl methyl sites for hydroxylation is 1. The first-order chi connectivity index (χ1) is 8.19. The van der Waals surface area contributed by atoms with E-state index in [-0.39, 0.29) is 12.8 Å². The number of ether oxygens (including phenoxy) is 1. The summed E-state index contributed by atoms with van der Waals surface area (Å²) in [5.74, 6) is -3.50. The molecule has 0 aliphatic heterocycles. The summed E-state index contributed by atoms with van der Waals surface area (Å²) in [6.07, 6.45) is 0.184. The smallest absolute Gasteiger partial charge is 0.306 e. The first-order valence-corrected chi connectivity index (χ1v) is 5.58. The van der Waals surface area contributed by atoms with Crippen LogP contribution in [-0.2, 0) is 16.0 Å². The molecular formula is C13H16F2O3. The molecule has 0 bridgehead atoms. The number of halogens is 2. The van der Waals surface area contributed by atoms with E-state index in [2.05, 4.69) is 0 Å². The number of carbonyl (C=O) groups is 1. The normalized spacial score (nSPS) is 11.4. The monoisotopic (exact) mass is 258 g/mol. The van der Waals surface area contributed by atoms with Crippen molar-refractivity contribution in [1.29, 1.82) is 0 Å². The fourth-order valence-electron chi connectivity index (χ4n) is 1.40. The lowest BCUT2D eigenvalue weighted by Gasteiger charge is -2.19. The van der Waals surface area contributed by atoms with Crippen LogP contribution in [0.4, 0.5) is 8.78 Å². The van der Waals surface area contributed by atoms with E-state index in [1.54, 1.807) is 20.8 Å². The third-order valence-electron chi connectivity index (χ3n) is 2.11. The van der Waals surface area contributed by atoms with Gasteiger partial charge in [-0.25, -0.2) is 8.78 Å². The summed E-state index contributed by atoms with van der Waals surface area (Å²) in [5, 5.41) is 8.92. The number of carbonyl (C=O) groups excluding carboxylic acids is 1. The summed E-state index contributed by atoms with van der Waals surface area (Å²) < 4.78 is 31.1. The molecule has 3 nitrogen and oxygen atoms in total. The van der Waals surface area contributed by atoms with Crippen LogP contribution in [0, 0.1) is 11.6 Å². The lowest BCUT2D eigenvalue weighted by Crippen LogP contribution is -2.24. The number of benzene rings is 1. The molecule has 100 valence electrons. The lowest BCUT2D eigenvalue weighted by molar-refractivity contribution is -0.154. The molecule has 5 heteroatoms. The van der Waals surface area contributed by atoms with Gasteiger partial charge in [-0.2, -0.15) is 0 Å². The van der Waals surface area contributed by atoms with Gasteiger partial charge < -0.3 is 9.84 Å². The van der Waals surface area contributed by atoms with Gasteiger partial charge in [0, 0.05) is 6.42 Å². The third kappa shape index (κ3) is 4.31. The van der Waals surface area contributed by atoms with Crippen molar-refractivity contribution >= 4 is 5.97 Å². The standard InChI is InChI=1S/C13H16F2O3/c1-13(2,3)18-11(16)5-4-8-6-9(14)12(17)10(15)7-8/h6-7,17H,4-5H2,1-3H3. The second kappa shape index (κ2) is 5.33. The third-order valence-corrected chi connectivity index (χ3v) is 2.11. The molecule has 0 unspecified atom stereocenters. The predicted octanol–water partition coefficient (Wildman–Crippen LogP) is 2.94. The Bertz CT molecular complexity index is 427. The van der Waals surface area contributed by atoms with E-state index in [1.807, 2.05) is 0 Å². The molecule has 0 radical (unpaired) electrons. The summed E-state index contributed by atoms with van der Waals surface area (Å²) in [6.45, 7) is 5.22. The van der Waals surface area contributed by atoms with Gasteiger partial charge in [0.2, 0.25) is 0 Å². The molecule has 0 heterocycles. The fraction of sp³-hybridized carbons (Fsp3) is 0.462. The molecule has 0 saturated carbocycles. The minimum Gasteiger partial charge on any atom is -0.503 e. The zero-order chi connectivity index (χ0) is 13.9. The zero-order valence-corrected chi connectivity index (χ0v) is 10.6. The number of hydrogen-bond acceptors (Lipinski definition) is 3. The molecule has 0 aliphatic rings. The quantitative estimate of drug-likeness (QED) is 0.848. The Morgan fingerprint density at radius 3 is 2.22 bits per heavy atom. The first kappa shape index (κ1) is 14.4. The topological polar surface area (TPSA) is 46.5 Å². The van der Waals surface area contributed by atoms with E-state index in [0.717, 1.165) is 12.1 Å². The van der Waals surface area contributed by atoms with Crippen molar-refractivity contribution in [3.63, 3.8) is 0 Å². The van der Waals surface area contributed by atoms with Crippen LogP contribution in [0.25, 0.3) is 0 Å². The Kier molecular flexibility index (Phi) is 4.27. The van der Waals surface area contributed by atoms with Crippen molar-refractivity contribution in [3.8, 4) is 5.75 Å². The number of rotatable bonds is 3. The summed E-state index contributed by atoms with van der Waals surface area (Å²) >= 11 is 0. The Balaban J connectivity index is 2.62. The molecule has 0 spiro atoms. The number of phenolic OH excluding ortho intramolecular Hbond substituents is 1. The van der Waals surface area contributed by atoms with Gasteiger partial charge in [-0.3, -0.25) is 4.79 Å². The number of aromatic hydroxyl groups is 1. The highest BCUT2D eigenvalue weighted by Gasteiger charge is 2.16. The van der Waals surface area contributed by atoms with Crippen molar-refractivity contribution in [1.82, 2.24) is 0 Å². The van der Waals surface area contributed by atoms with Crippen LogP contribution in [0.2, 0.25) is 0 Å². The highest BCUT2D eigenvalue weighted by Crippen LogP contribution is 2.22. The van der Waals surface area contributed by atoms with Crippen molar-refractivity contribution in [2.45, 2.75) is 39.2 Å². The maximum absolute atomic E-state index is 13.0. The van der Waals surface area contributed by atoms with Crippen molar-refractivity contribution < 1.29 is 23.4 Å². The molecule has 1 rings (SSSR count). The Morgan fingerprint density at radius 2 is 1.78 bits per heavy atom. The van der Waals surface area contributed by atoms with Crippen LogP contribution in [-0.4, -0.2) is 16.7 Å². The SMILES string of the molecule is CC(C)(C)OC(=O)CCc1cc(F)c(O)c(F)c1. The summed E-state index contributed by atoms with van der Waals surface area (Å²) in [6, 6.07) is 2.01. The summed E-state index contributed by atoms with van der Waals surface area (Å²) in [5.41, 5.74) is -0.281. The van der Waals surface area contributed by atoms with Crippen LogP contribution in [0.1, 0.15) is 32.8 Å². The van der Waals surface area contributed by atoms with Crippen molar-refractivity contribution in [2.75, 3.05) is 0 Å². The zero-order valence-electron chi connectivity index (χ0n) is 10.6. The molecule has 0 atom stereocenters. The molecule has 0 fully saturated rings. The minimum absolute atomic E-state index is 0.0287. The Hall–Kier alpha value is -1.65. The fourth-order valence-corrected chi connectivity index (χ4v) is 1.40. The second-order valence-corrected chi connectivity index (χ2v) is 4.99. The molecule has 1 aromatic rings. The highest BCUT2D eigenvalue weighted by molar-refractivity contribution is 5.70. The molecule has 18 heavy (non-hydrogen) atoms. The van der Waals surface area contributed by atoms with E-state index in [0.29, 0.717) is 5.56 Å². The molecule has 1 aromatic carbocycles. The highest BCUT2D eigenvalue weighted by atomic mass is 19.1. The number of esters is 1. The van der Waals surface area contributed by atoms with Gasteiger partial charge >= 0.3 is 5.97 Å². The molecule has 0 amide bonds. The summed E-state index contributed by atoms with van der Waals surface area (Å²) in [4.78, 5) is 11.4. The molecular weight excluding hydrogens is 242 g/mol. The first-order valence-electron chi connectivity index (χ1n) is 5.58. The molecule has 1 N–H and O–H groups in total. The van der Waals surface area contributed by atoms with Crippen molar-refractivity contribution in [3.05, 3.63) is 29.3 Å². The predicted molar refractivity (Wildman–Crippen MR) is 62.2 cm³/mol. The summed E-state index contributed by atoms with van der Waals surface area (Å²) in [7, 11) is 0. The average molecular weight is 258 g/mol. The maximum Gasteiger partial charge on any atom is 0.306 e. The number of hydrogen-bond donors (Lipinski definition) is 1. The van der Waals surface area contributed by atoms with Gasteiger partial charge in [0.05, 0.1) is 0 Å². The van der Waals surface area contributed by atoms with Gasteiger partial charge in [-0.1, -0.05) is 0 Å². The second-order valence-electron chi connectivity index (χ2n) is 4.99. The van der Waals surface area contributed by atoms with Gasteiger partial charge in [0.25, 0.3) is 0 Å². The average Bonchev–Trinajstić information content (AvgIpc) is 2.20. The van der Waals surface area contributed by atoms with Crippen LogP contribution >= 0.6 is 0 Å². The van der Waals surface area contributed by atoms with Crippen LogP contribution in [0.3, 0.4) is 0 Å².